The van der Waals surface area contributed by atoms with E-state index in [0.29, 0.717) is 18.9 Å². The second-order valence-corrected chi connectivity index (χ2v) is 5.53. The normalized spacial score (nSPS) is 10.6. The zero-order valence-corrected chi connectivity index (χ0v) is 12.8. The highest BCUT2D eigenvalue weighted by molar-refractivity contribution is 7.13. The molecule has 0 atom stereocenters. The molecule has 5 nitrogen and oxygen atoms in total. The van der Waals surface area contributed by atoms with Crippen LogP contribution in [0.1, 0.15) is 6.42 Å². The summed E-state index contributed by atoms with van der Waals surface area (Å²) in [6, 6.07) is 11.9. The van der Waals surface area contributed by atoms with E-state index in [1.165, 1.54) is 0 Å². The summed E-state index contributed by atoms with van der Waals surface area (Å²) in [7, 11) is 0. The molecule has 0 aliphatic heterocycles. The Morgan fingerprint density at radius 2 is 1.91 bits per heavy atom. The van der Waals surface area contributed by atoms with Crippen molar-refractivity contribution in [2.75, 3.05) is 18.5 Å². The molecule has 22 heavy (non-hydrogen) atoms. The molecule has 0 saturated carbocycles. The summed E-state index contributed by atoms with van der Waals surface area (Å²) in [5, 5.41) is 14.9. The van der Waals surface area contributed by atoms with Crippen LogP contribution in [0.25, 0.3) is 22.0 Å². The van der Waals surface area contributed by atoms with Gasteiger partial charge >= 0.3 is 0 Å². The number of benzene rings is 1. The van der Waals surface area contributed by atoms with Crippen LogP contribution in [0.3, 0.4) is 0 Å². The van der Waals surface area contributed by atoms with Crippen molar-refractivity contribution in [1.82, 2.24) is 15.0 Å². The summed E-state index contributed by atoms with van der Waals surface area (Å²) in [4.78, 5) is 13.3. The number of thiazole rings is 1. The largest absolute Gasteiger partial charge is 0.396 e. The smallest absolute Gasteiger partial charge is 0.223 e. The predicted octanol–water partition coefficient (Wildman–Crippen LogP) is 3.06. The highest BCUT2D eigenvalue weighted by atomic mass is 32.1. The van der Waals surface area contributed by atoms with Crippen LogP contribution in [-0.4, -0.2) is 33.2 Å². The number of nitrogens with one attached hydrogen (secondary N) is 1. The minimum absolute atomic E-state index is 0.152. The highest BCUT2D eigenvalue weighted by Gasteiger charge is 2.08. The second kappa shape index (κ2) is 7.11. The average molecular weight is 312 g/mol. The number of aliphatic hydroxyl groups is 1. The second-order valence-electron chi connectivity index (χ2n) is 4.67. The first kappa shape index (κ1) is 14.6. The maximum Gasteiger partial charge on any atom is 0.223 e. The Kier molecular flexibility index (Phi) is 4.72. The molecule has 2 heterocycles. The van der Waals surface area contributed by atoms with Crippen LogP contribution < -0.4 is 5.32 Å². The van der Waals surface area contributed by atoms with Crippen LogP contribution in [0.4, 0.5) is 5.95 Å². The number of hydrogen-bond donors (Lipinski definition) is 2. The monoisotopic (exact) mass is 312 g/mol. The van der Waals surface area contributed by atoms with Gasteiger partial charge in [0.1, 0.15) is 10.7 Å². The van der Waals surface area contributed by atoms with Crippen LogP contribution in [-0.2, 0) is 0 Å². The van der Waals surface area contributed by atoms with Crippen molar-refractivity contribution >= 4 is 17.3 Å². The minimum Gasteiger partial charge on any atom is -0.396 e. The fourth-order valence-corrected chi connectivity index (χ4v) is 2.79. The predicted molar refractivity (Wildman–Crippen MR) is 88.8 cm³/mol. The molecule has 0 aliphatic carbocycles. The maximum atomic E-state index is 8.80. The van der Waals surface area contributed by atoms with Crippen molar-refractivity contribution < 1.29 is 5.11 Å². The van der Waals surface area contributed by atoms with Gasteiger partial charge < -0.3 is 10.4 Å². The molecule has 0 unspecified atom stereocenters. The Bertz CT molecular complexity index is 730. The van der Waals surface area contributed by atoms with Crippen molar-refractivity contribution in [3.63, 3.8) is 0 Å². The fraction of sp³-hybridized carbons (Fsp3) is 0.188. The molecule has 2 N–H and O–H groups in total. The van der Waals surface area contributed by atoms with Crippen LogP contribution in [0, 0.1) is 0 Å². The van der Waals surface area contributed by atoms with Crippen molar-refractivity contribution in [1.29, 1.82) is 0 Å². The van der Waals surface area contributed by atoms with Gasteiger partial charge in [0.25, 0.3) is 0 Å². The van der Waals surface area contributed by atoms with Gasteiger partial charge in [-0.3, -0.25) is 0 Å². The molecular weight excluding hydrogens is 296 g/mol. The molecule has 0 aliphatic rings. The molecule has 0 bridgehead atoms. The minimum atomic E-state index is 0.152. The average Bonchev–Trinajstić information content (AvgIpc) is 3.06. The van der Waals surface area contributed by atoms with E-state index in [-0.39, 0.29) is 6.61 Å². The first-order valence-electron chi connectivity index (χ1n) is 7.06. The van der Waals surface area contributed by atoms with Gasteiger partial charge in [0.15, 0.2) is 0 Å². The summed E-state index contributed by atoms with van der Waals surface area (Å²) >= 11 is 1.60. The molecule has 0 saturated heterocycles. The molecule has 0 radical (unpaired) electrons. The van der Waals surface area contributed by atoms with Gasteiger partial charge in [0.05, 0.1) is 5.69 Å². The first-order chi connectivity index (χ1) is 10.9. The van der Waals surface area contributed by atoms with Crippen molar-refractivity contribution in [3.05, 3.63) is 48.0 Å². The van der Waals surface area contributed by atoms with E-state index in [1.54, 1.807) is 17.5 Å². The Morgan fingerprint density at radius 3 is 2.73 bits per heavy atom. The van der Waals surface area contributed by atoms with E-state index in [2.05, 4.69) is 20.3 Å². The van der Waals surface area contributed by atoms with E-state index in [1.807, 2.05) is 41.8 Å². The van der Waals surface area contributed by atoms with Gasteiger partial charge in [-0.15, -0.1) is 11.3 Å². The van der Waals surface area contributed by atoms with Crippen molar-refractivity contribution in [2.24, 2.45) is 0 Å². The lowest BCUT2D eigenvalue weighted by molar-refractivity contribution is 0.292. The number of anilines is 1. The van der Waals surface area contributed by atoms with E-state index in [4.69, 9.17) is 5.11 Å². The Balaban J connectivity index is 1.80. The summed E-state index contributed by atoms with van der Waals surface area (Å²) in [6.07, 6.45) is 2.38. The van der Waals surface area contributed by atoms with Crippen LogP contribution in [0.2, 0.25) is 0 Å². The highest BCUT2D eigenvalue weighted by Crippen LogP contribution is 2.27. The molecule has 1 aromatic carbocycles. The van der Waals surface area contributed by atoms with Crippen molar-refractivity contribution in [2.45, 2.75) is 6.42 Å². The number of aromatic nitrogens is 3. The third-order valence-electron chi connectivity index (χ3n) is 3.06. The molecule has 6 heteroatoms. The number of hydrogen-bond acceptors (Lipinski definition) is 6. The van der Waals surface area contributed by atoms with E-state index in [0.717, 1.165) is 22.0 Å². The van der Waals surface area contributed by atoms with Gasteiger partial charge in [-0.2, -0.15) is 0 Å². The molecule has 3 rings (SSSR count). The zero-order valence-electron chi connectivity index (χ0n) is 11.9. The Hall–Kier alpha value is -2.31. The first-order valence-corrected chi connectivity index (χ1v) is 7.94. The van der Waals surface area contributed by atoms with Gasteiger partial charge in [-0.05, 0) is 12.5 Å². The molecule has 3 aromatic rings. The van der Waals surface area contributed by atoms with Gasteiger partial charge in [0.2, 0.25) is 5.95 Å². The number of nitrogens with zero attached hydrogens (tertiary/aromatic N) is 3. The van der Waals surface area contributed by atoms with E-state index >= 15 is 0 Å². The fourth-order valence-electron chi connectivity index (χ4n) is 1.97. The summed E-state index contributed by atoms with van der Waals surface area (Å²) in [6.45, 7) is 0.797. The summed E-state index contributed by atoms with van der Waals surface area (Å²) in [5.74, 6) is 0.556. The Morgan fingerprint density at radius 1 is 1.05 bits per heavy atom. The lowest BCUT2D eigenvalue weighted by Gasteiger charge is -2.04. The standard InChI is InChI=1S/C16H16N4OS/c21-10-4-8-17-16-18-9-7-13(20-16)14-11-22-15(19-14)12-5-2-1-3-6-12/h1-3,5-7,9,11,21H,4,8,10H2,(H,17,18,20). The molecule has 112 valence electrons. The van der Waals surface area contributed by atoms with E-state index < -0.39 is 0 Å². The molecular formula is C16H16N4OS. The molecule has 2 aromatic heterocycles. The van der Waals surface area contributed by atoms with Gasteiger partial charge in [0, 0.05) is 30.3 Å². The summed E-state index contributed by atoms with van der Waals surface area (Å²) < 4.78 is 0. The SMILES string of the molecule is OCCCNc1nccc(-c2csc(-c3ccccc3)n2)n1. The molecule has 0 fully saturated rings. The topological polar surface area (TPSA) is 70.9 Å². The third-order valence-corrected chi connectivity index (χ3v) is 3.95. The Labute approximate surface area is 132 Å². The van der Waals surface area contributed by atoms with Crippen LogP contribution in [0.15, 0.2) is 48.0 Å². The van der Waals surface area contributed by atoms with Gasteiger partial charge in [-0.1, -0.05) is 30.3 Å². The van der Waals surface area contributed by atoms with Crippen LogP contribution in [0.5, 0.6) is 0 Å². The quantitative estimate of drug-likeness (QED) is 0.685. The lowest BCUT2D eigenvalue weighted by atomic mass is 10.2. The van der Waals surface area contributed by atoms with E-state index in [9.17, 15) is 0 Å². The van der Waals surface area contributed by atoms with Gasteiger partial charge in [-0.25, -0.2) is 15.0 Å². The molecule has 0 spiro atoms. The number of aliphatic hydroxyl groups excluding tert-OH is 1. The summed E-state index contributed by atoms with van der Waals surface area (Å²) in [5.41, 5.74) is 2.74. The van der Waals surface area contributed by atoms with Crippen LogP contribution >= 0.6 is 11.3 Å². The van der Waals surface area contributed by atoms with Crippen molar-refractivity contribution in [3.8, 4) is 22.0 Å². The third kappa shape index (κ3) is 3.47. The zero-order chi connectivity index (χ0) is 15.2. The maximum absolute atomic E-state index is 8.80. The molecule has 0 amide bonds. The number of rotatable bonds is 6. The lowest BCUT2D eigenvalue weighted by Crippen LogP contribution is -2.06.